The molecule has 0 amide bonds. The molecule has 0 unspecified atom stereocenters. The Bertz CT molecular complexity index is 473. The fourth-order valence-electron chi connectivity index (χ4n) is 7.30. The van der Waals surface area contributed by atoms with Crippen LogP contribution < -0.4 is 0 Å². The number of halogens is 1. The first kappa shape index (κ1) is 9.29. The van der Waals surface area contributed by atoms with Crippen LogP contribution in [-0.4, -0.2) is 34.5 Å². The van der Waals surface area contributed by atoms with Gasteiger partial charge in [-0.2, -0.15) is 0 Å². The molecule has 6 aliphatic carbocycles. The van der Waals surface area contributed by atoms with Crippen LogP contribution in [0.4, 0.5) is 0 Å². The molecular weight excluding hydrogens is 284 g/mol. The van der Waals surface area contributed by atoms with Crippen molar-refractivity contribution in [3.8, 4) is 0 Å². The molecule has 3 nitrogen and oxygen atoms in total. The normalized spacial score (nSPS) is 75.7. The summed E-state index contributed by atoms with van der Waals surface area (Å²) >= 11 is 4.05. The SMILES string of the molecule is C[C@H](O)[C@]12[C@@H]3[C@@H]4[C@H]5[C@@H]1[C@H]2[C@@](Br)([C@@H]43)C51OCCO1. The lowest BCUT2D eigenvalue weighted by Gasteiger charge is -2.38. The number of hydrogen-bond donors (Lipinski definition) is 1. The number of aliphatic hydroxyl groups is 1. The van der Waals surface area contributed by atoms with E-state index >= 15 is 0 Å². The first-order chi connectivity index (χ1) is 8.13. The molecule has 0 aromatic carbocycles. The van der Waals surface area contributed by atoms with Gasteiger partial charge in [-0.3, -0.25) is 0 Å². The van der Waals surface area contributed by atoms with Gasteiger partial charge in [0.2, 0.25) is 0 Å². The molecule has 4 heteroatoms. The van der Waals surface area contributed by atoms with Crippen molar-refractivity contribution in [2.45, 2.75) is 23.1 Å². The third-order valence-electron chi connectivity index (χ3n) is 7.17. The standard InChI is InChI=1S/C13H15BrO3/c1-4(15)11-6-5-7(6)12(14)10(11)9(11)8(5)13(12)16-2-3-17-13/h4-10,15H,2-3H2,1H3/t4-,5-,6+,7-,8-,9+,10+,11-,12-/m0/s1. The summed E-state index contributed by atoms with van der Waals surface area (Å²) in [6, 6.07) is 0. The van der Waals surface area contributed by atoms with Crippen molar-refractivity contribution in [1.29, 1.82) is 0 Å². The summed E-state index contributed by atoms with van der Waals surface area (Å²) in [5.74, 6) is 3.79. The number of ether oxygens (including phenoxy) is 2. The van der Waals surface area contributed by atoms with Gasteiger partial charge in [-0.05, 0) is 36.5 Å². The van der Waals surface area contributed by atoms with Gasteiger partial charge in [0.15, 0.2) is 5.79 Å². The largest absolute Gasteiger partial charge is 0.393 e. The molecule has 17 heavy (non-hydrogen) atoms. The van der Waals surface area contributed by atoms with E-state index in [-0.39, 0.29) is 21.6 Å². The highest BCUT2D eigenvalue weighted by Gasteiger charge is 3.09. The maximum atomic E-state index is 10.2. The molecular formula is C13H15BrO3. The van der Waals surface area contributed by atoms with Gasteiger partial charge in [0.1, 0.15) is 0 Å². The van der Waals surface area contributed by atoms with E-state index < -0.39 is 0 Å². The highest BCUT2D eigenvalue weighted by Crippen LogP contribution is 3.05. The van der Waals surface area contributed by atoms with Crippen molar-refractivity contribution < 1.29 is 14.6 Å². The zero-order valence-corrected chi connectivity index (χ0v) is 11.2. The average molecular weight is 299 g/mol. The molecule has 2 bridgehead atoms. The van der Waals surface area contributed by atoms with Gasteiger partial charge in [-0.25, -0.2) is 0 Å². The molecule has 1 N–H and O–H groups in total. The topological polar surface area (TPSA) is 38.7 Å². The van der Waals surface area contributed by atoms with Crippen LogP contribution >= 0.6 is 15.9 Å². The summed E-state index contributed by atoms with van der Waals surface area (Å²) in [6.45, 7) is 3.49. The quantitative estimate of drug-likeness (QED) is 0.734. The van der Waals surface area contributed by atoms with Crippen molar-refractivity contribution in [3.05, 3.63) is 0 Å². The molecule has 1 heterocycles. The van der Waals surface area contributed by atoms with Crippen molar-refractivity contribution >= 4 is 15.9 Å². The van der Waals surface area contributed by atoms with E-state index in [0.29, 0.717) is 17.8 Å². The molecule has 7 rings (SSSR count). The van der Waals surface area contributed by atoms with Gasteiger partial charge < -0.3 is 14.6 Å². The Morgan fingerprint density at radius 3 is 2.29 bits per heavy atom. The van der Waals surface area contributed by atoms with Crippen LogP contribution in [0.3, 0.4) is 0 Å². The van der Waals surface area contributed by atoms with E-state index in [1.54, 1.807) is 0 Å². The molecule has 1 spiro atoms. The number of aliphatic hydroxyl groups excluding tert-OH is 1. The zero-order valence-electron chi connectivity index (χ0n) is 9.60. The lowest BCUT2D eigenvalue weighted by Crippen LogP contribution is -2.50. The first-order valence-corrected chi connectivity index (χ1v) is 7.57. The second kappa shape index (κ2) is 2.05. The maximum absolute atomic E-state index is 10.2. The van der Waals surface area contributed by atoms with Gasteiger partial charge in [-0.15, -0.1) is 0 Å². The Morgan fingerprint density at radius 2 is 1.88 bits per heavy atom. The van der Waals surface area contributed by atoms with Gasteiger partial charge in [0.05, 0.1) is 23.6 Å². The summed E-state index contributed by atoms with van der Waals surface area (Å²) in [5.41, 5.74) is 0.240. The van der Waals surface area contributed by atoms with Crippen LogP contribution in [0.25, 0.3) is 0 Å². The molecule has 0 aromatic heterocycles. The molecule has 9 atom stereocenters. The van der Waals surface area contributed by atoms with Gasteiger partial charge >= 0.3 is 0 Å². The molecule has 1 aliphatic heterocycles. The molecule has 0 radical (unpaired) electrons. The smallest absolute Gasteiger partial charge is 0.187 e. The average Bonchev–Trinajstić information content (AvgIpc) is 2.97. The Kier molecular flexibility index (Phi) is 1.12. The van der Waals surface area contributed by atoms with Crippen LogP contribution in [0.2, 0.25) is 0 Å². The molecule has 92 valence electrons. The fraction of sp³-hybridized carbons (Fsp3) is 1.00. The van der Waals surface area contributed by atoms with Crippen molar-refractivity contribution in [2.24, 2.45) is 40.9 Å². The van der Waals surface area contributed by atoms with Gasteiger partial charge in [0.25, 0.3) is 0 Å². The van der Waals surface area contributed by atoms with Crippen LogP contribution in [0.1, 0.15) is 6.92 Å². The van der Waals surface area contributed by atoms with E-state index in [1.807, 2.05) is 6.92 Å². The highest BCUT2D eigenvalue weighted by molar-refractivity contribution is 9.10. The zero-order chi connectivity index (χ0) is 11.4. The Balaban J connectivity index is 1.60. The van der Waals surface area contributed by atoms with Crippen LogP contribution in [0.5, 0.6) is 0 Å². The highest BCUT2D eigenvalue weighted by atomic mass is 79.9. The monoisotopic (exact) mass is 298 g/mol. The minimum atomic E-state index is -0.316. The second-order valence-electron chi connectivity index (χ2n) is 6.97. The Hall–Kier alpha value is 0.360. The first-order valence-electron chi connectivity index (χ1n) is 6.78. The van der Waals surface area contributed by atoms with E-state index in [4.69, 9.17) is 9.47 Å². The molecule has 7 aliphatic rings. The third-order valence-corrected chi connectivity index (χ3v) is 8.75. The summed E-state index contributed by atoms with van der Waals surface area (Å²) in [4.78, 5) is 0. The van der Waals surface area contributed by atoms with E-state index in [2.05, 4.69) is 15.9 Å². The number of rotatable bonds is 1. The summed E-state index contributed by atoms with van der Waals surface area (Å²) in [5, 5.41) is 10.2. The lowest BCUT2D eigenvalue weighted by molar-refractivity contribution is -0.193. The predicted molar refractivity (Wildman–Crippen MR) is 61.3 cm³/mol. The minimum absolute atomic E-state index is 0.0398. The molecule has 0 aromatic rings. The van der Waals surface area contributed by atoms with E-state index in [9.17, 15) is 5.11 Å². The van der Waals surface area contributed by atoms with Crippen molar-refractivity contribution in [1.82, 2.24) is 0 Å². The number of alkyl halides is 1. The lowest BCUT2D eigenvalue weighted by atomic mass is 9.90. The van der Waals surface area contributed by atoms with Crippen LogP contribution in [0, 0.1) is 40.9 Å². The summed E-state index contributed by atoms with van der Waals surface area (Å²) in [6.07, 6.45) is -0.154. The van der Waals surface area contributed by atoms with Gasteiger partial charge in [-0.1, -0.05) is 15.9 Å². The Morgan fingerprint density at radius 1 is 1.18 bits per heavy atom. The minimum Gasteiger partial charge on any atom is -0.393 e. The summed E-state index contributed by atoms with van der Waals surface area (Å²) < 4.78 is 12.2. The maximum Gasteiger partial charge on any atom is 0.187 e. The molecule has 1 saturated heterocycles. The summed E-state index contributed by atoms with van der Waals surface area (Å²) in [7, 11) is 0. The van der Waals surface area contributed by atoms with Crippen LogP contribution in [0.15, 0.2) is 0 Å². The van der Waals surface area contributed by atoms with Gasteiger partial charge in [0, 0.05) is 11.3 Å². The van der Waals surface area contributed by atoms with Crippen molar-refractivity contribution in [2.75, 3.05) is 13.2 Å². The van der Waals surface area contributed by atoms with E-state index in [0.717, 1.165) is 31.0 Å². The predicted octanol–water partition coefficient (Wildman–Crippen LogP) is 0.996. The van der Waals surface area contributed by atoms with Crippen LogP contribution in [-0.2, 0) is 9.47 Å². The molecule has 7 fully saturated rings. The second-order valence-corrected chi connectivity index (χ2v) is 8.28. The van der Waals surface area contributed by atoms with E-state index in [1.165, 1.54) is 0 Å². The van der Waals surface area contributed by atoms with Crippen molar-refractivity contribution in [3.63, 3.8) is 0 Å². The third kappa shape index (κ3) is 0.522. The number of hydrogen-bond acceptors (Lipinski definition) is 3. The molecule has 6 saturated carbocycles. The Labute approximate surface area is 108 Å². The fourth-order valence-corrected chi connectivity index (χ4v) is 9.06.